The van der Waals surface area contributed by atoms with Crippen molar-refractivity contribution in [2.24, 2.45) is 0 Å². The number of sulfonamides is 1. The molecule has 0 aliphatic rings. The Bertz CT molecular complexity index is 1620. The average molecular weight is 519 g/mol. The molecule has 4 aromatic rings. The number of nitrogens with one attached hydrogen (secondary N) is 1. The molecule has 0 unspecified atom stereocenters. The highest BCUT2D eigenvalue weighted by Crippen LogP contribution is 2.23. The number of hydrogen-bond donors (Lipinski definition) is 1. The topological polar surface area (TPSA) is 96.5 Å². The third-order valence-electron chi connectivity index (χ3n) is 6.78. The molecule has 0 atom stereocenters. The van der Waals surface area contributed by atoms with Gasteiger partial charge in [-0.25, -0.2) is 13.2 Å². The van der Waals surface area contributed by atoms with Gasteiger partial charge in [0.05, 0.1) is 23.1 Å². The maximum absolute atomic E-state index is 13.8. The lowest BCUT2D eigenvalue weighted by atomic mass is 10.0. The van der Waals surface area contributed by atoms with E-state index in [-0.39, 0.29) is 29.1 Å². The summed E-state index contributed by atoms with van der Waals surface area (Å²) in [5.74, 6) is -0.548. The smallest absolute Gasteiger partial charge is 0.337 e. The predicted octanol–water partition coefficient (Wildman–Crippen LogP) is 4.67. The number of aromatic nitrogens is 1. The Morgan fingerprint density at radius 3 is 2.30 bits per heavy atom. The van der Waals surface area contributed by atoms with Crippen LogP contribution in [0.4, 0.5) is 0 Å². The van der Waals surface area contributed by atoms with Gasteiger partial charge in [0.1, 0.15) is 0 Å². The lowest BCUT2D eigenvalue weighted by molar-refractivity contribution is 0.0600. The Hall–Kier alpha value is -3.75. The van der Waals surface area contributed by atoms with Gasteiger partial charge in [0.15, 0.2) is 0 Å². The zero-order chi connectivity index (χ0) is 26.7. The van der Waals surface area contributed by atoms with E-state index in [1.807, 2.05) is 57.2 Å². The molecule has 8 heteroatoms. The Morgan fingerprint density at radius 1 is 0.919 bits per heavy atom. The maximum atomic E-state index is 13.8. The van der Waals surface area contributed by atoms with Crippen molar-refractivity contribution < 1.29 is 17.9 Å². The molecule has 0 amide bonds. The van der Waals surface area contributed by atoms with Gasteiger partial charge < -0.3 is 9.72 Å². The van der Waals surface area contributed by atoms with Gasteiger partial charge in [0.2, 0.25) is 10.0 Å². The van der Waals surface area contributed by atoms with Crippen LogP contribution in [-0.2, 0) is 27.7 Å². The monoisotopic (exact) mass is 518 g/mol. The number of pyridine rings is 1. The number of esters is 1. The van der Waals surface area contributed by atoms with Gasteiger partial charge in [-0.3, -0.25) is 4.79 Å². The summed E-state index contributed by atoms with van der Waals surface area (Å²) in [6.45, 7) is 6.00. The van der Waals surface area contributed by atoms with E-state index >= 15 is 0 Å². The summed E-state index contributed by atoms with van der Waals surface area (Å²) >= 11 is 0. The number of aromatic amines is 1. The van der Waals surface area contributed by atoms with Crippen LogP contribution in [0.1, 0.15) is 38.2 Å². The molecule has 0 aliphatic carbocycles. The van der Waals surface area contributed by atoms with E-state index in [1.165, 1.54) is 35.7 Å². The summed E-state index contributed by atoms with van der Waals surface area (Å²) in [5, 5.41) is 0.844. The Kier molecular flexibility index (Phi) is 7.61. The molecule has 0 radical (unpaired) electrons. The highest BCUT2D eigenvalue weighted by molar-refractivity contribution is 7.89. The molecule has 1 N–H and O–H groups in total. The molecule has 3 aromatic carbocycles. The van der Waals surface area contributed by atoms with Crippen LogP contribution in [0.5, 0.6) is 0 Å². The van der Waals surface area contributed by atoms with Gasteiger partial charge in [0.25, 0.3) is 5.56 Å². The number of aryl methyl sites for hydroxylation is 3. The number of carbonyl (C=O) groups is 1. The molecular weight excluding hydrogens is 488 g/mol. The Morgan fingerprint density at radius 2 is 1.62 bits per heavy atom. The first kappa shape index (κ1) is 26.3. The number of hydrogen-bond acceptors (Lipinski definition) is 5. The van der Waals surface area contributed by atoms with Crippen LogP contribution < -0.4 is 5.56 Å². The molecule has 1 aromatic heterocycles. The first-order valence-electron chi connectivity index (χ1n) is 12.0. The third kappa shape index (κ3) is 5.50. The van der Waals surface area contributed by atoms with E-state index < -0.39 is 16.0 Å². The van der Waals surface area contributed by atoms with Gasteiger partial charge in [-0.15, -0.1) is 0 Å². The van der Waals surface area contributed by atoms with Crippen LogP contribution in [0.15, 0.2) is 76.4 Å². The number of rotatable bonds is 8. The standard InChI is InChI=1S/C29H30N2O5S/c1-19-9-10-24-17-25(28(32)30-27(24)21(19)3)18-31(16-15-22-8-6-5-7-20(22)2)37(34,35)26-13-11-23(12-14-26)29(33)36-4/h5-14,17H,15-16,18H2,1-4H3,(H,30,32). The summed E-state index contributed by atoms with van der Waals surface area (Å²) in [7, 11) is -2.72. The van der Waals surface area contributed by atoms with Crippen LogP contribution in [-0.4, -0.2) is 37.3 Å². The number of H-pyrrole nitrogens is 1. The quantitative estimate of drug-likeness (QED) is 0.342. The minimum Gasteiger partial charge on any atom is -0.465 e. The van der Waals surface area contributed by atoms with E-state index in [2.05, 4.69) is 4.98 Å². The van der Waals surface area contributed by atoms with Crippen molar-refractivity contribution in [2.45, 2.75) is 38.6 Å². The van der Waals surface area contributed by atoms with E-state index in [1.54, 1.807) is 6.07 Å². The lowest BCUT2D eigenvalue weighted by Crippen LogP contribution is -2.34. The molecule has 1 heterocycles. The van der Waals surface area contributed by atoms with Crippen LogP contribution >= 0.6 is 0 Å². The van der Waals surface area contributed by atoms with Crippen molar-refractivity contribution >= 4 is 26.9 Å². The summed E-state index contributed by atoms with van der Waals surface area (Å²) in [5.41, 5.74) is 5.18. The molecule has 192 valence electrons. The molecule has 7 nitrogen and oxygen atoms in total. The van der Waals surface area contributed by atoms with E-state index in [0.29, 0.717) is 12.0 Å². The molecule has 0 saturated carbocycles. The lowest BCUT2D eigenvalue weighted by Gasteiger charge is -2.23. The van der Waals surface area contributed by atoms with Gasteiger partial charge >= 0.3 is 5.97 Å². The Labute approximate surface area is 216 Å². The minimum absolute atomic E-state index is 0.0358. The molecule has 0 spiro atoms. The highest BCUT2D eigenvalue weighted by atomic mass is 32.2. The van der Waals surface area contributed by atoms with Gasteiger partial charge in [-0.2, -0.15) is 4.31 Å². The van der Waals surface area contributed by atoms with Crippen LogP contribution in [0, 0.1) is 20.8 Å². The van der Waals surface area contributed by atoms with E-state index in [0.717, 1.165) is 33.2 Å². The predicted molar refractivity (Wildman–Crippen MR) is 144 cm³/mol. The second-order valence-electron chi connectivity index (χ2n) is 9.13. The average Bonchev–Trinajstić information content (AvgIpc) is 2.89. The van der Waals surface area contributed by atoms with Gasteiger partial charge in [-0.05, 0) is 85.2 Å². The summed E-state index contributed by atoms with van der Waals surface area (Å²) in [6, 6.07) is 19.1. The molecule has 0 aliphatic heterocycles. The summed E-state index contributed by atoms with van der Waals surface area (Å²) in [4.78, 5) is 27.8. The molecule has 37 heavy (non-hydrogen) atoms. The van der Waals surface area contributed by atoms with Crippen molar-refractivity contribution in [3.05, 3.63) is 110 Å². The fraction of sp³-hybridized carbons (Fsp3) is 0.241. The van der Waals surface area contributed by atoms with Crippen molar-refractivity contribution in [2.75, 3.05) is 13.7 Å². The molecule has 0 fully saturated rings. The molecular formula is C29H30N2O5S. The zero-order valence-electron chi connectivity index (χ0n) is 21.4. The number of ether oxygens (including phenoxy) is 1. The van der Waals surface area contributed by atoms with Gasteiger partial charge in [0, 0.05) is 18.7 Å². The Balaban J connectivity index is 1.73. The number of carbonyl (C=O) groups excluding carboxylic acids is 1. The SMILES string of the molecule is COC(=O)c1ccc(S(=O)(=O)N(CCc2ccccc2C)Cc2cc3ccc(C)c(C)c3[nH]c2=O)cc1. The molecule has 0 bridgehead atoms. The van der Waals surface area contributed by atoms with Gasteiger partial charge in [-0.1, -0.05) is 36.4 Å². The summed E-state index contributed by atoms with van der Waals surface area (Å²) in [6.07, 6.45) is 0.482. The maximum Gasteiger partial charge on any atom is 0.337 e. The second-order valence-corrected chi connectivity index (χ2v) is 11.1. The van der Waals surface area contributed by atoms with E-state index in [4.69, 9.17) is 4.74 Å². The summed E-state index contributed by atoms with van der Waals surface area (Å²) < 4.78 is 33.6. The molecule has 0 saturated heterocycles. The van der Waals surface area contributed by atoms with Crippen molar-refractivity contribution in [1.29, 1.82) is 0 Å². The van der Waals surface area contributed by atoms with Crippen molar-refractivity contribution in [3.8, 4) is 0 Å². The van der Waals surface area contributed by atoms with Crippen molar-refractivity contribution in [1.82, 2.24) is 9.29 Å². The number of nitrogens with zero attached hydrogens (tertiary/aromatic N) is 1. The van der Waals surface area contributed by atoms with Crippen LogP contribution in [0.25, 0.3) is 10.9 Å². The fourth-order valence-electron chi connectivity index (χ4n) is 4.33. The minimum atomic E-state index is -3.99. The largest absolute Gasteiger partial charge is 0.465 e. The third-order valence-corrected chi connectivity index (χ3v) is 8.64. The van der Waals surface area contributed by atoms with Crippen molar-refractivity contribution in [3.63, 3.8) is 0 Å². The highest BCUT2D eigenvalue weighted by Gasteiger charge is 2.26. The number of fused-ring (bicyclic) bond motifs is 1. The number of methoxy groups -OCH3 is 1. The zero-order valence-corrected chi connectivity index (χ0v) is 22.2. The molecule has 4 rings (SSSR count). The number of benzene rings is 3. The van der Waals surface area contributed by atoms with E-state index in [9.17, 15) is 18.0 Å². The normalized spacial score (nSPS) is 11.7. The van der Waals surface area contributed by atoms with Crippen LogP contribution in [0.2, 0.25) is 0 Å². The van der Waals surface area contributed by atoms with Crippen LogP contribution in [0.3, 0.4) is 0 Å². The second kappa shape index (κ2) is 10.7. The first-order chi connectivity index (χ1) is 17.6. The fourth-order valence-corrected chi connectivity index (χ4v) is 5.75. The first-order valence-corrected chi connectivity index (χ1v) is 13.4.